The standard InChI is InChI=1S/C25H28ClFN2O7S/c1-14(2)21(13-30)29-12-18(25(32)33)24(31)17-10-16(9-15-5-4-6-19(26)23(15)27)22(11-20(17)29)36-8-7-28-37(3,34)35/h4-6,10-12,14,21,28,30H,7-9,13H2,1-3H3,(H,32,33)/t21-/m1/s1. The summed E-state index contributed by atoms with van der Waals surface area (Å²) in [5.41, 5.74) is -0.320. The van der Waals surface area contributed by atoms with Crippen LogP contribution in [0.1, 0.15) is 41.4 Å². The van der Waals surface area contributed by atoms with Gasteiger partial charge >= 0.3 is 5.97 Å². The molecule has 0 saturated heterocycles. The number of benzene rings is 2. The fraction of sp³-hybridized carbons (Fsp3) is 0.360. The summed E-state index contributed by atoms with van der Waals surface area (Å²) in [5.74, 6) is -1.96. The monoisotopic (exact) mass is 554 g/mol. The fourth-order valence-corrected chi connectivity index (χ4v) is 4.67. The molecule has 2 aromatic carbocycles. The molecule has 0 aliphatic rings. The van der Waals surface area contributed by atoms with Gasteiger partial charge in [0.25, 0.3) is 0 Å². The first-order chi connectivity index (χ1) is 17.3. The minimum atomic E-state index is -3.45. The van der Waals surface area contributed by atoms with E-state index in [0.717, 1.165) is 6.26 Å². The third-order valence-electron chi connectivity index (χ3n) is 5.90. The molecule has 1 aromatic heterocycles. The Bertz CT molecular complexity index is 1490. The van der Waals surface area contributed by atoms with Gasteiger partial charge in [-0.15, -0.1) is 0 Å². The smallest absolute Gasteiger partial charge is 0.341 e. The van der Waals surface area contributed by atoms with Crippen molar-refractivity contribution in [2.45, 2.75) is 26.3 Å². The van der Waals surface area contributed by atoms with E-state index in [1.54, 1.807) is 6.07 Å². The van der Waals surface area contributed by atoms with Crippen LogP contribution in [0.4, 0.5) is 4.39 Å². The summed E-state index contributed by atoms with van der Waals surface area (Å²) in [6, 6.07) is 6.89. The van der Waals surface area contributed by atoms with Crippen molar-refractivity contribution in [3.63, 3.8) is 0 Å². The van der Waals surface area contributed by atoms with E-state index in [-0.39, 0.29) is 53.8 Å². The van der Waals surface area contributed by atoms with Crippen LogP contribution in [-0.2, 0) is 16.4 Å². The van der Waals surface area contributed by atoms with Gasteiger partial charge < -0.3 is 19.5 Å². The molecule has 0 saturated carbocycles. The molecule has 37 heavy (non-hydrogen) atoms. The van der Waals surface area contributed by atoms with E-state index in [2.05, 4.69) is 4.72 Å². The Morgan fingerprint density at radius 2 is 1.95 bits per heavy atom. The number of nitrogens with zero attached hydrogens (tertiary/aromatic N) is 1. The number of aromatic carboxylic acids is 1. The predicted molar refractivity (Wildman–Crippen MR) is 139 cm³/mol. The van der Waals surface area contributed by atoms with Crippen LogP contribution in [0, 0.1) is 11.7 Å². The molecule has 1 atom stereocenters. The average molecular weight is 555 g/mol. The SMILES string of the molecule is CC(C)[C@@H](CO)n1cc(C(=O)O)c(=O)c2cc(Cc3cccc(Cl)c3F)c(OCCNS(C)(=O)=O)cc21. The molecule has 0 aliphatic carbocycles. The first-order valence-electron chi connectivity index (χ1n) is 11.4. The summed E-state index contributed by atoms with van der Waals surface area (Å²) in [6.07, 6.45) is 2.16. The van der Waals surface area contributed by atoms with Gasteiger partial charge in [-0.2, -0.15) is 0 Å². The van der Waals surface area contributed by atoms with Crippen LogP contribution in [0.15, 0.2) is 41.3 Å². The molecule has 9 nitrogen and oxygen atoms in total. The van der Waals surface area contributed by atoms with Crippen molar-refractivity contribution in [2.24, 2.45) is 5.92 Å². The zero-order chi connectivity index (χ0) is 27.5. The molecule has 0 aliphatic heterocycles. The van der Waals surface area contributed by atoms with E-state index >= 15 is 0 Å². The molecule has 3 aromatic rings. The van der Waals surface area contributed by atoms with Gasteiger partial charge in [-0.1, -0.05) is 37.6 Å². The molecule has 0 amide bonds. The topological polar surface area (TPSA) is 135 Å². The van der Waals surface area contributed by atoms with E-state index < -0.39 is 38.8 Å². The van der Waals surface area contributed by atoms with Gasteiger partial charge in [-0.3, -0.25) is 4.79 Å². The number of halogens is 2. The number of rotatable bonds is 11. The van der Waals surface area contributed by atoms with Gasteiger partial charge in [0.2, 0.25) is 15.5 Å². The van der Waals surface area contributed by atoms with Gasteiger partial charge in [-0.05, 0) is 29.2 Å². The number of carbonyl (C=O) groups is 1. The third kappa shape index (κ3) is 6.67. The van der Waals surface area contributed by atoms with Crippen molar-refractivity contribution < 1.29 is 32.6 Å². The average Bonchev–Trinajstić information content (AvgIpc) is 2.81. The molecule has 0 radical (unpaired) electrons. The lowest BCUT2D eigenvalue weighted by molar-refractivity contribution is 0.0694. The number of sulfonamides is 1. The first-order valence-corrected chi connectivity index (χ1v) is 13.7. The Labute approximate surface area is 218 Å². The number of hydrogen-bond donors (Lipinski definition) is 3. The van der Waals surface area contributed by atoms with Gasteiger partial charge in [0.15, 0.2) is 0 Å². The van der Waals surface area contributed by atoms with Gasteiger partial charge in [0.1, 0.15) is 23.7 Å². The van der Waals surface area contributed by atoms with E-state index in [0.29, 0.717) is 11.1 Å². The Kier molecular flexibility index (Phi) is 8.96. The van der Waals surface area contributed by atoms with Crippen LogP contribution in [0.5, 0.6) is 5.75 Å². The van der Waals surface area contributed by atoms with Crippen LogP contribution >= 0.6 is 11.6 Å². The minimum Gasteiger partial charge on any atom is -0.492 e. The van der Waals surface area contributed by atoms with E-state index in [9.17, 15) is 32.6 Å². The van der Waals surface area contributed by atoms with Gasteiger partial charge in [0.05, 0.1) is 29.4 Å². The van der Waals surface area contributed by atoms with Gasteiger partial charge in [0, 0.05) is 30.6 Å². The molecule has 1 heterocycles. The minimum absolute atomic E-state index is 0.0402. The molecular formula is C25H28ClFN2O7S. The van der Waals surface area contributed by atoms with Crippen molar-refractivity contribution in [3.05, 3.63) is 74.3 Å². The maximum Gasteiger partial charge on any atom is 0.341 e. The van der Waals surface area contributed by atoms with Crippen LogP contribution < -0.4 is 14.9 Å². The summed E-state index contributed by atoms with van der Waals surface area (Å²) >= 11 is 5.93. The van der Waals surface area contributed by atoms with Crippen LogP contribution in [0.2, 0.25) is 5.02 Å². The van der Waals surface area contributed by atoms with E-state index in [4.69, 9.17) is 16.3 Å². The number of fused-ring (bicyclic) bond motifs is 1. The number of carboxylic acids is 1. The molecule has 200 valence electrons. The maximum atomic E-state index is 14.7. The lowest BCUT2D eigenvalue weighted by Gasteiger charge is -2.25. The molecular weight excluding hydrogens is 527 g/mol. The molecule has 3 rings (SSSR count). The quantitative estimate of drug-likeness (QED) is 0.310. The number of ether oxygens (including phenoxy) is 1. The highest BCUT2D eigenvalue weighted by molar-refractivity contribution is 7.88. The number of nitrogens with one attached hydrogen (secondary N) is 1. The third-order valence-corrected chi connectivity index (χ3v) is 6.92. The maximum absolute atomic E-state index is 14.7. The van der Waals surface area contributed by atoms with Crippen molar-refractivity contribution in [2.75, 3.05) is 26.0 Å². The second-order valence-electron chi connectivity index (χ2n) is 8.96. The number of pyridine rings is 1. The Morgan fingerprint density at radius 1 is 1.24 bits per heavy atom. The van der Waals surface area contributed by atoms with E-state index in [1.807, 2.05) is 13.8 Å². The number of hydrogen-bond acceptors (Lipinski definition) is 6. The lowest BCUT2D eigenvalue weighted by atomic mass is 9.98. The summed E-state index contributed by atoms with van der Waals surface area (Å²) < 4.78 is 47.2. The number of aliphatic hydroxyl groups excluding tert-OH is 1. The molecule has 0 fully saturated rings. The van der Waals surface area contributed by atoms with Crippen LogP contribution in [-0.4, -0.2) is 55.2 Å². The highest BCUT2D eigenvalue weighted by atomic mass is 35.5. The number of aliphatic hydroxyl groups is 1. The largest absolute Gasteiger partial charge is 0.492 e. The lowest BCUT2D eigenvalue weighted by Crippen LogP contribution is -2.27. The zero-order valence-corrected chi connectivity index (χ0v) is 22.1. The highest BCUT2D eigenvalue weighted by Gasteiger charge is 2.23. The summed E-state index contributed by atoms with van der Waals surface area (Å²) in [5, 5.41) is 19.7. The molecule has 12 heteroatoms. The second-order valence-corrected chi connectivity index (χ2v) is 11.2. The number of carboxylic acid groups (broad SMARTS) is 1. The molecule has 3 N–H and O–H groups in total. The Balaban J connectivity index is 2.25. The Hall–Kier alpha value is -2.99. The second kappa shape index (κ2) is 11.6. The van der Waals surface area contributed by atoms with Crippen molar-refractivity contribution >= 4 is 38.5 Å². The number of aromatic nitrogens is 1. The zero-order valence-electron chi connectivity index (χ0n) is 20.5. The molecule has 0 bridgehead atoms. The van der Waals surface area contributed by atoms with Crippen molar-refractivity contribution in [1.82, 2.24) is 9.29 Å². The van der Waals surface area contributed by atoms with Gasteiger partial charge in [-0.25, -0.2) is 22.3 Å². The van der Waals surface area contributed by atoms with Crippen molar-refractivity contribution in [1.29, 1.82) is 0 Å². The highest BCUT2D eigenvalue weighted by Crippen LogP contribution is 2.31. The molecule has 0 spiro atoms. The van der Waals surface area contributed by atoms with Crippen LogP contribution in [0.3, 0.4) is 0 Å². The van der Waals surface area contributed by atoms with E-state index in [1.165, 1.54) is 35.0 Å². The fourth-order valence-electron chi connectivity index (χ4n) is 4.02. The Morgan fingerprint density at radius 3 is 2.54 bits per heavy atom. The summed E-state index contributed by atoms with van der Waals surface area (Å²) in [6.45, 7) is 3.25. The van der Waals surface area contributed by atoms with Crippen LogP contribution in [0.25, 0.3) is 10.9 Å². The summed E-state index contributed by atoms with van der Waals surface area (Å²) in [4.78, 5) is 25.0. The molecule has 0 unspecified atom stereocenters. The summed E-state index contributed by atoms with van der Waals surface area (Å²) in [7, 11) is -3.45. The normalized spacial score (nSPS) is 12.7. The first kappa shape index (κ1) is 28.6. The van der Waals surface area contributed by atoms with Crippen molar-refractivity contribution in [3.8, 4) is 5.75 Å². The predicted octanol–water partition coefficient (Wildman–Crippen LogP) is 3.20.